The monoisotopic (exact) mass is 590 g/mol. The molecular weight excluding hydrogens is 516 g/mol. The third-order valence-corrected chi connectivity index (χ3v) is 9.79. The van der Waals surface area contributed by atoms with Crippen LogP contribution in [0.3, 0.4) is 0 Å². The lowest BCUT2D eigenvalue weighted by molar-refractivity contribution is -0.890. The molecule has 0 aliphatic heterocycles. The van der Waals surface area contributed by atoms with E-state index in [1.807, 2.05) is 6.08 Å². The molecule has 4 nitrogen and oxygen atoms in total. The number of likely N-dealkylation sites (N-methyl/N-ethyl adjacent to an activating group) is 1. The molecule has 1 amide bonds. The van der Waals surface area contributed by atoms with Crippen LogP contribution in [0.5, 0.6) is 0 Å². The Hall–Kier alpha value is -1.16. The summed E-state index contributed by atoms with van der Waals surface area (Å²) in [5, 5.41) is 3.32. The number of rotatable bonds is 23. The number of amides is 1. The van der Waals surface area contributed by atoms with Gasteiger partial charge in [0.1, 0.15) is 0 Å². The van der Waals surface area contributed by atoms with Gasteiger partial charge >= 0.3 is 0 Å². The number of hydrogen-bond donors (Lipinski definition) is 1. The fraction of sp³-hybridized carbons (Fsp3) is 0.895. The number of ketones is 1. The van der Waals surface area contributed by atoms with Crippen molar-refractivity contribution in [3.63, 3.8) is 0 Å². The maximum absolute atomic E-state index is 14.7. The van der Waals surface area contributed by atoms with Gasteiger partial charge in [-0.2, -0.15) is 0 Å². The van der Waals surface area contributed by atoms with Gasteiger partial charge in [-0.3, -0.25) is 9.59 Å². The molecule has 1 N–H and O–H groups in total. The summed E-state index contributed by atoms with van der Waals surface area (Å²) >= 11 is 0. The maximum atomic E-state index is 14.7. The molecule has 0 bridgehead atoms. The summed E-state index contributed by atoms with van der Waals surface area (Å²) in [5.41, 5.74) is -0.373. The minimum atomic E-state index is -0.497. The molecule has 1 saturated carbocycles. The molecule has 1 rings (SSSR count). The Labute approximate surface area is 262 Å². The van der Waals surface area contributed by atoms with Gasteiger partial charge in [-0.05, 0) is 31.8 Å². The number of nitrogens with one attached hydrogen (secondary N) is 1. The quantitative estimate of drug-likeness (QED) is 0.0558. The Bertz CT molecular complexity index is 731. The zero-order chi connectivity index (χ0) is 31.3. The van der Waals surface area contributed by atoms with Crippen molar-refractivity contribution < 1.29 is 14.1 Å². The molecule has 1 fully saturated rings. The molecule has 1 aliphatic carbocycles. The Kier molecular flexibility index (Phi) is 19.9. The van der Waals surface area contributed by atoms with Crippen LogP contribution in [0.15, 0.2) is 12.7 Å². The van der Waals surface area contributed by atoms with Crippen LogP contribution in [-0.4, -0.2) is 49.9 Å². The van der Waals surface area contributed by atoms with Crippen LogP contribution in [0, 0.1) is 16.7 Å². The summed E-state index contributed by atoms with van der Waals surface area (Å²) in [6.07, 6.45) is 27.5. The zero-order valence-electron chi connectivity index (χ0n) is 29.3. The number of nitrogens with zero attached hydrogens (tertiary/aromatic N) is 1. The Balaban J connectivity index is 3.11. The van der Waals surface area contributed by atoms with Gasteiger partial charge in [0.15, 0.2) is 5.78 Å². The fourth-order valence-electron chi connectivity index (χ4n) is 7.58. The maximum Gasteiger partial charge on any atom is 0.230 e. The highest BCUT2D eigenvalue weighted by Gasteiger charge is 2.43. The lowest BCUT2D eigenvalue weighted by Crippen LogP contribution is -2.51. The third-order valence-electron chi connectivity index (χ3n) is 9.79. The van der Waals surface area contributed by atoms with Crippen LogP contribution < -0.4 is 5.32 Å². The number of hydrogen-bond acceptors (Lipinski definition) is 2. The van der Waals surface area contributed by atoms with Crippen molar-refractivity contribution in [2.75, 3.05) is 33.7 Å². The average molecular weight is 590 g/mol. The van der Waals surface area contributed by atoms with Crippen LogP contribution in [0.2, 0.25) is 0 Å². The Morgan fingerprint density at radius 2 is 1.31 bits per heavy atom. The highest BCUT2D eigenvalue weighted by atomic mass is 16.2. The highest BCUT2D eigenvalue weighted by Crippen LogP contribution is 2.42. The molecule has 246 valence electrons. The first-order valence-electron chi connectivity index (χ1n) is 18.3. The average Bonchev–Trinajstić information content (AvgIpc) is 3.05. The van der Waals surface area contributed by atoms with Crippen molar-refractivity contribution in [2.24, 2.45) is 16.7 Å². The van der Waals surface area contributed by atoms with Crippen molar-refractivity contribution in [1.29, 1.82) is 0 Å². The van der Waals surface area contributed by atoms with E-state index in [4.69, 9.17) is 0 Å². The molecule has 0 saturated heterocycles. The molecule has 0 aromatic rings. The summed E-state index contributed by atoms with van der Waals surface area (Å²) < 4.78 is 0.841. The standard InChI is InChI=1S/C38H72N2O2/c1-8-11-13-15-19-23-27-34(36(42)39-32-37(4,5)33-40(6,7)31-10-3)35(41)38(28-24-20-16-14-12-9-2)29-25-21-17-18-22-26-30-38/h10,34H,3,8-9,11-33H2,1-2,4-7H3/p+1. The number of carbonyl (C=O) groups is 2. The Morgan fingerprint density at radius 3 is 1.86 bits per heavy atom. The third kappa shape index (κ3) is 16.1. The van der Waals surface area contributed by atoms with Gasteiger partial charge in [-0.15, -0.1) is 0 Å². The van der Waals surface area contributed by atoms with Gasteiger partial charge in [-0.25, -0.2) is 0 Å². The van der Waals surface area contributed by atoms with Crippen LogP contribution in [0.1, 0.15) is 169 Å². The second-order valence-electron chi connectivity index (χ2n) is 15.3. The van der Waals surface area contributed by atoms with Gasteiger partial charge in [-0.1, -0.05) is 150 Å². The molecule has 0 aromatic heterocycles. The molecule has 1 atom stereocenters. The fourth-order valence-corrected chi connectivity index (χ4v) is 7.58. The van der Waals surface area contributed by atoms with E-state index in [1.54, 1.807) is 0 Å². The summed E-state index contributed by atoms with van der Waals surface area (Å²) in [6.45, 7) is 15.4. The van der Waals surface area contributed by atoms with Crippen LogP contribution >= 0.6 is 0 Å². The van der Waals surface area contributed by atoms with Crippen molar-refractivity contribution in [3.8, 4) is 0 Å². The lowest BCUT2D eigenvalue weighted by atomic mass is 9.67. The summed E-state index contributed by atoms with van der Waals surface area (Å²) in [4.78, 5) is 28.7. The van der Waals surface area contributed by atoms with Crippen molar-refractivity contribution in [1.82, 2.24) is 5.32 Å². The van der Waals surface area contributed by atoms with E-state index in [2.05, 4.69) is 53.7 Å². The van der Waals surface area contributed by atoms with E-state index in [1.165, 1.54) is 83.5 Å². The van der Waals surface area contributed by atoms with Crippen molar-refractivity contribution in [3.05, 3.63) is 12.7 Å². The van der Waals surface area contributed by atoms with E-state index in [9.17, 15) is 9.59 Å². The normalized spacial score (nSPS) is 17.1. The SMILES string of the molecule is C=CC[N+](C)(C)CC(C)(C)CNC(=O)C(CCCCCCCC)C(=O)C1(CCCCCCCC)CCCCCCCC1. The molecule has 1 unspecified atom stereocenters. The predicted octanol–water partition coefficient (Wildman–Crippen LogP) is 10.2. The van der Waals surface area contributed by atoms with E-state index in [0.717, 1.165) is 68.9 Å². The van der Waals surface area contributed by atoms with E-state index in [0.29, 0.717) is 18.7 Å². The van der Waals surface area contributed by atoms with Crippen LogP contribution in [0.25, 0.3) is 0 Å². The van der Waals surface area contributed by atoms with Gasteiger partial charge in [0.25, 0.3) is 0 Å². The number of quaternary nitrogens is 1. The topological polar surface area (TPSA) is 46.2 Å². The zero-order valence-corrected chi connectivity index (χ0v) is 29.3. The number of carbonyl (C=O) groups excluding carboxylic acids is 2. The smallest absolute Gasteiger partial charge is 0.230 e. The minimum Gasteiger partial charge on any atom is -0.355 e. The lowest BCUT2D eigenvalue weighted by Gasteiger charge is -2.38. The molecule has 0 spiro atoms. The molecule has 0 radical (unpaired) electrons. The van der Waals surface area contributed by atoms with Gasteiger partial charge in [0.05, 0.1) is 33.1 Å². The Morgan fingerprint density at radius 1 is 0.810 bits per heavy atom. The van der Waals surface area contributed by atoms with Crippen molar-refractivity contribution >= 4 is 11.7 Å². The van der Waals surface area contributed by atoms with E-state index in [-0.39, 0.29) is 16.7 Å². The minimum absolute atomic E-state index is 0.00199. The summed E-state index contributed by atoms with van der Waals surface area (Å²) in [6, 6.07) is 0. The number of unbranched alkanes of at least 4 members (excludes halogenated alkanes) is 10. The molecular formula is C38H73N2O2+. The predicted molar refractivity (Wildman–Crippen MR) is 183 cm³/mol. The largest absolute Gasteiger partial charge is 0.355 e. The first-order valence-corrected chi connectivity index (χ1v) is 18.3. The molecule has 0 heterocycles. The first-order chi connectivity index (χ1) is 20.0. The first kappa shape index (κ1) is 38.9. The van der Waals surface area contributed by atoms with Gasteiger partial charge < -0.3 is 9.80 Å². The summed E-state index contributed by atoms with van der Waals surface area (Å²) in [5.74, 6) is -0.203. The van der Waals surface area contributed by atoms with Crippen LogP contribution in [0.4, 0.5) is 0 Å². The molecule has 1 aliphatic rings. The molecule has 4 heteroatoms. The van der Waals surface area contributed by atoms with E-state index < -0.39 is 5.92 Å². The van der Waals surface area contributed by atoms with Gasteiger partial charge in [0.2, 0.25) is 5.91 Å². The summed E-state index contributed by atoms with van der Waals surface area (Å²) in [7, 11) is 4.44. The molecule has 42 heavy (non-hydrogen) atoms. The van der Waals surface area contributed by atoms with Crippen molar-refractivity contribution in [2.45, 2.75) is 169 Å². The van der Waals surface area contributed by atoms with E-state index >= 15 is 0 Å². The second-order valence-corrected chi connectivity index (χ2v) is 15.3. The van der Waals surface area contributed by atoms with Gasteiger partial charge in [0, 0.05) is 17.4 Å². The second kappa shape index (κ2) is 21.5. The highest BCUT2D eigenvalue weighted by molar-refractivity contribution is 6.04. The molecule has 0 aromatic carbocycles. The number of Topliss-reactive ketones (excluding diaryl/α,β-unsaturated/α-hetero) is 1. The van der Waals surface area contributed by atoms with Crippen LogP contribution in [-0.2, 0) is 9.59 Å².